The summed E-state index contributed by atoms with van der Waals surface area (Å²) in [6.07, 6.45) is 2.82. The Labute approximate surface area is 145 Å². The number of halogens is 2. The summed E-state index contributed by atoms with van der Waals surface area (Å²) < 4.78 is 4.95. The Balaban J connectivity index is 1.90. The van der Waals surface area contributed by atoms with E-state index < -0.39 is 0 Å². The van der Waals surface area contributed by atoms with Gasteiger partial charge in [0, 0.05) is 42.3 Å². The van der Waals surface area contributed by atoms with E-state index in [9.17, 15) is 9.59 Å². The second-order valence-electron chi connectivity index (χ2n) is 5.01. The van der Waals surface area contributed by atoms with Crippen LogP contribution in [0.15, 0.2) is 24.3 Å². The number of carbonyl (C=O) groups is 2. The molecule has 0 aliphatic carbocycles. The maximum Gasteiger partial charge on any atom is 0.409 e. The van der Waals surface area contributed by atoms with Gasteiger partial charge in [0.25, 0.3) is 0 Å². The number of nitrogens with zero attached hydrogens (tertiary/aromatic N) is 2. The monoisotopic (exact) mass is 356 g/mol. The van der Waals surface area contributed by atoms with Gasteiger partial charge in [-0.2, -0.15) is 0 Å². The van der Waals surface area contributed by atoms with E-state index in [1.807, 2.05) is 0 Å². The highest BCUT2D eigenvalue weighted by atomic mass is 35.5. The molecule has 1 aliphatic heterocycles. The molecule has 5 nitrogen and oxygen atoms in total. The summed E-state index contributed by atoms with van der Waals surface area (Å²) in [4.78, 5) is 27.1. The van der Waals surface area contributed by atoms with E-state index in [0.717, 1.165) is 5.56 Å². The molecule has 1 aromatic rings. The summed E-state index contributed by atoms with van der Waals surface area (Å²) in [5.74, 6) is -0.112. The minimum atomic E-state index is -0.330. The fraction of sp³-hybridized carbons (Fsp3) is 0.375. The van der Waals surface area contributed by atoms with Crippen LogP contribution in [0.25, 0.3) is 6.08 Å². The summed E-state index contributed by atoms with van der Waals surface area (Å²) in [6, 6.07) is 5.11. The Hall–Kier alpha value is -1.72. The van der Waals surface area contributed by atoms with Crippen LogP contribution >= 0.6 is 23.2 Å². The quantitative estimate of drug-likeness (QED) is 0.780. The minimum absolute atomic E-state index is 0.112. The van der Waals surface area contributed by atoms with E-state index in [0.29, 0.717) is 42.8 Å². The molecule has 124 valence electrons. The first-order valence-corrected chi connectivity index (χ1v) is 8.10. The van der Waals surface area contributed by atoms with Gasteiger partial charge in [-0.3, -0.25) is 4.79 Å². The molecule has 0 radical (unpaired) electrons. The zero-order valence-electron chi connectivity index (χ0n) is 12.8. The predicted molar refractivity (Wildman–Crippen MR) is 90.7 cm³/mol. The second-order valence-corrected chi connectivity index (χ2v) is 5.85. The molecule has 2 rings (SSSR count). The summed E-state index contributed by atoms with van der Waals surface area (Å²) >= 11 is 11.9. The van der Waals surface area contributed by atoms with Gasteiger partial charge < -0.3 is 14.5 Å². The topological polar surface area (TPSA) is 49.9 Å². The zero-order chi connectivity index (χ0) is 16.8. The van der Waals surface area contributed by atoms with Crippen LogP contribution in [0, 0.1) is 0 Å². The van der Waals surface area contributed by atoms with Crippen LogP contribution in [0.4, 0.5) is 4.79 Å². The molecular weight excluding hydrogens is 339 g/mol. The molecule has 1 aliphatic rings. The van der Waals surface area contributed by atoms with Crippen molar-refractivity contribution in [2.24, 2.45) is 0 Å². The van der Waals surface area contributed by atoms with Gasteiger partial charge in [-0.1, -0.05) is 29.3 Å². The number of benzene rings is 1. The maximum absolute atomic E-state index is 12.2. The highest BCUT2D eigenvalue weighted by Crippen LogP contribution is 2.22. The third-order valence-corrected chi connectivity index (χ3v) is 4.05. The Morgan fingerprint density at radius 3 is 2.43 bits per heavy atom. The van der Waals surface area contributed by atoms with Crippen LogP contribution in [0.2, 0.25) is 10.0 Å². The van der Waals surface area contributed by atoms with Crippen molar-refractivity contribution < 1.29 is 14.3 Å². The molecule has 0 N–H and O–H groups in total. The van der Waals surface area contributed by atoms with Crippen LogP contribution in [0.5, 0.6) is 0 Å². The number of ether oxygens (including phenoxy) is 1. The van der Waals surface area contributed by atoms with E-state index in [2.05, 4.69) is 0 Å². The lowest BCUT2D eigenvalue weighted by molar-refractivity contribution is -0.127. The van der Waals surface area contributed by atoms with Crippen molar-refractivity contribution in [3.63, 3.8) is 0 Å². The summed E-state index contributed by atoms with van der Waals surface area (Å²) in [6.45, 7) is 4.03. The molecule has 0 atom stereocenters. The standard InChI is InChI=1S/C16H18Cl2N2O3/c1-2-23-16(22)20-9-7-19(8-10-20)15(21)6-4-12-3-5-13(17)11-14(12)18/h3-6,11H,2,7-10H2,1H3. The molecule has 23 heavy (non-hydrogen) atoms. The lowest BCUT2D eigenvalue weighted by atomic mass is 10.2. The van der Waals surface area contributed by atoms with Crippen molar-refractivity contribution in [1.82, 2.24) is 9.80 Å². The molecule has 0 unspecified atom stereocenters. The molecule has 1 fully saturated rings. The van der Waals surface area contributed by atoms with Crippen molar-refractivity contribution in [3.05, 3.63) is 39.9 Å². The van der Waals surface area contributed by atoms with Gasteiger partial charge in [-0.15, -0.1) is 0 Å². The van der Waals surface area contributed by atoms with Crippen molar-refractivity contribution in [1.29, 1.82) is 0 Å². The van der Waals surface area contributed by atoms with E-state index >= 15 is 0 Å². The molecule has 7 heteroatoms. The normalized spacial score (nSPS) is 15.1. The van der Waals surface area contributed by atoms with Gasteiger partial charge in [0.1, 0.15) is 0 Å². The van der Waals surface area contributed by atoms with Gasteiger partial charge in [0.05, 0.1) is 6.61 Å². The summed E-state index contributed by atoms with van der Waals surface area (Å²) in [7, 11) is 0. The first-order chi connectivity index (χ1) is 11.0. The molecule has 1 saturated heterocycles. The van der Waals surface area contributed by atoms with Crippen LogP contribution in [0.1, 0.15) is 12.5 Å². The maximum atomic E-state index is 12.2. The highest BCUT2D eigenvalue weighted by Gasteiger charge is 2.23. The molecular formula is C16H18Cl2N2O3. The number of carbonyl (C=O) groups excluding carboxylic acids is 2. The Bertz CT molecular complexity index is 611. The van der Waals surface area contributed by atoms with Gasteiger partial charge in [-0.05, 0) is 30.7 Å². The van der Waals surface area contributed by atoms with Gasteiger partial charge >= 0.3 is 6.09 Å². The average Bonchev–Trinajstić information content (AvgIpc) is 2.54. The fourth-order valence-corrected chi connectivity index (χ4v) is 2.70. The smallest absolute Gasteiger partial charge is 0.409 e. The molecule has 1 heterocycles. The van der Waals surface area contributed by atoms with Crippen LogP contribution in [-0.4, -0.2) is 54.6 Å². The third-order valence-electron chi connectivity index (χ3n) is 3.49. The van der Waals surface area contributed by atoms with Crippen LogP contribution in [0.3, 0.4) is 0 Å². The molecule has 0 bridgehead atoms. The second kappa shape index (κ2) is 8.22. The van der Waals surface area contributed by atoms with Crippen LogP contribution in [-0.2, 0) is 9.53 Å². The molecule has 1 aromatic carbocycles. The Morgan fingerprint density at radius 2 is 1.83 bits per heavy atom. The van der Waals surface area contributed by atoms with Crippen molar-refractivity contribution in [2.75, 3.05) is 32.8 Å². The zero-order valence-corrected chi connectivity index (χ0v) is 14.3. The number of amides is 2. The lowest BCUT2D eigenvalue weighted by Gasteiger charge is -2.33. The first kappa shape index (κ1) is 17.6. The first-order valence-electron chi connectivity index (χ1n) is 7.35. The van der Waals surface area contributed by atoms with E-state index in [1.165, 1.54) is 6.08 Å². The molecule has 0 saturated carbocycles. The summed E-state index contributed by atoms with van der Waals surface area (Å²) in [5, 5.41) is 1.04. The average molecular weight is 357 g/mol. The lowest BCUT2D eigenvalue weighted by Crippen LogP contribution is -2.50. The SMILES string of the molecule is CCOC(=O)N1CCN(C(=O)C=Cc2ccc(Cl)cc2Cl)CC1. The van der Waals surface area contributed by atoms with Crippen molar-refractivity contribution in [3.8, 4) is 0 Å². The number of hydrogen-bond acceptors (Lipinski definition) is 3. The Kier molecular flexibility index (Phi) is 6.30. The van der Waals surface area contributed by atoms with Crippen LogP contribution < -0.4 is 0 Å². The van der Waals surface area contributed by atoms with E-state index in [1.54, 1.807) is 41.0 Å². The largest absolute Gasteiger partial charge is 0.450 e. The summed E-state index contributed by atoms with van der Waals surface area (Å²) in [5.41, 5.74) is 0.731. The molecule has 2 amide bonds. The minimum Gasteiger partial charge on any atom is -0.450 e. The number of hydrogen-bond donors (Lipinski definition) is 0. The predicted octanol–water partition coefficient (Wildman–Crippen LogP) is 3.31. The van der Waals surface area contributed by atoms with E-state index in [-0.39, 0.29) is 12.0 Å². The van der Waals surface area contributed by atoms with Crippen molar-refractivity contribution in [2.45, 2.75) is 6.92 Å². The molecule has 0 aromatic heterocycles. The highest BCUT2D eigenvalue weighted by molar-refractivity contribution is 6.35. The van der Waals surface area contributed by atoms with Gasteiger partial charge in [0.2, 0.25) is 5.91 Å². The van der Waals surface area contributed by atoms with Gasteiger partial charge in [0.15, 0.2) is 0 Å². The third kappa shape index (κ3) is 4.88. The van der Waals surface area contributed by atoms with Gasteiger partial charge in [-0.25, -0.2) is 4.79 Å². The van der Waals surface area contributed by atoms with Crippen molar-refractivity contribution >= 4 is 41.3 Å². The number of piperazine rings is 1. The fourth-order valence-electron chi connectivity index (χ4n) is 2.23. The molecule has 0 spiro atoms. The van der Waals surface area contributed by atoms with E-state index in [4.69, 9.17) is 27.9 Å². The number of rotatable bonds is 3. The Morgan fingerprint density at radius 1 is 1.17 bits per heavy atom.